The van der Waals surface area contributed by atoms with Crippen LogP contribution in [0.25, 0.3) is 55.2 Å². The molecule has 0 spiro atoms. The molecule has 0 fully saturated rings. The lowest BCUT2D eigenvalue weighted by atomic mass is 9.96. The van der Waals surface area contributed by atoms with Gasteiger partial charge in [-0.1, -0.05) is 86.0 Å². The number of allylic oxidation sites excluding steroid dienone is 2. The number of pyridine rings is 1. The fraction of sp³-hybridized carbons (Fsp3) is 0.0526. The Bertz CT molecular complexity index is 2260. The first-order valence-corrected chi connectivity index (χ1v) is 13.8. The van der Waals surface area contributed by atoms with Gasteiger partial charge in [-0.15, -0.1) is 0 Å². The molecule has 3 heteroatoms. The fourth-order valence-electron chi connectivity index (χ4n) is 5.82. The molecule has 7 rings (SSSR count). The molecule has 7 aromatic rings. The lowest BCUT2D eigenvalue weighted by Gasteiger charge is -2.13. The van der Waals surface area contributed by atoms with Gasteiger partial charge in [-0.25, -0.2) is 9.98 Å². The van der Waals surface area contributed by atoms with Gasteiger partial charge >= 0.3 is 0 Å². The summed E-state index contributed by atoms with van der Waals surface area (Å²) in [4.78, 5) is 10.0. The van der Waals surface area contributed by atoms with Crippen molar-refractivity contribution in [3.8, 4) is 0 Å². The molecule has 2 heterocycles. The van der Waals surface area contributed by atoms with E-state index in [0.717, 1.165) is 55.5 Å². The van der Waals surface area contributed by atoms with Gasteiger partial charge in [-0.3, -0.25) is 4.40 Å². The molecule has 0 N–H and O–H groups in total. The SMILES string of the molecule is C=CC(=NC(=C)/C(C)=C/c1ccccc1C)c1ccc2c(c1)c1c3ccccc3ccc1c1nc3ccccc3n21. The van der Waals surface area contributed by atoms with Crippen LogP contribution >= 0.6 is 0 Å². The molecule has 0 aliphatic rings. The van der Waals surface area contributed by atoms with E-state index in [1.165, 1.54) is 27.3 Å². The zero-order chi connectivity index (χ0) is 28.1. The number of benzene rings is 5. The number of hydrogen-bond acceptors (Lipinski definition) is 2. The van der Waals surface area contributed by atoms with Crippen molar-refractivity contribution in [3.63, 3.8) is 0 Å². The number of imidazole rings is 1. The minimum Gasteiger partial charge on any atom is -0.292 e. The average molecular weight is 528 g/mol. The molecule has 0 amide bonds. The first-order chi connectivity index (χ1) is 20.0. The fourth-order valence-corrected chi connectivity index (χ4v) is 5.82. The van der Waals surface area contributed by atoms with Gasteiger partial charge in [0.25, 0.3) is 0 Å². The zero-order valence-corrected chi connectivity index (χ0v) is 23.2. The summed E-state index contributed by atoms with van der Waals surface area (Å²) in [5.74, 6) is 0. The van der Waals surface area contributed by atoms with E-state index in [2.05, 4.69) is 135 Å². The van der Waals surface area contributed by atoms with Gasteiger partial charge in [0.2, 0.25) is 0 Å². The van der Waals surface area contributed by atoms with E-state index in [0.29, 0.717) is 0 Å². The van der Waals surface area contributed by atoms with Gasteiger partial charge in [0.15, 0.2) is 0 Å². The Labute approximate surface area is 239 Å². The van der Waals surface area contributed by atoms with Gasteiger partial charge in [-0.05, 0) is 83.8 Å². The third-order valence-corrected chi connectivity index (χ3v) is 8.00. The van der Waals surface area contributed by atoms with Crippen molar-refractivity contribution in [3.05, 3.63) is 150 Å². The van der Waals surface area contributed by atoms with Crippen molar-refractivity contribution in [1.82, 2.24) is 9.38 Å². The number of hydrogen-bond donors (Lipinski definition) is 0. The van der Waals surface area contributed by atoms with Crippen LogP contribution in [0, 0.1) is 6.92 Å². The first-order valence-electron chi connectivity index (χ1n) is 13.8. The van der Waals surface area contributed by atoms with E-state index in [4.69, 9.17) is 9.98 Å². The maximum absolute atomic E-state index is 5.08. The summed E-state index contributed by atoms with van der Waals surface area (Å²) in [6, 6.07) is 36.2. The Morgan fingerprint density at radius 3 is 2.44 bits per heavy atom. The highest BCUT2D eigenvalue weighted by molar-refractivity contribution is 6.25. The van der Waals surface area contributed by atoms with Crippen molar-refractivity contribution in [2.24, 2.45) is 4.99 Å². The number of fused-ring (bicyclic) bond motifs is 10. The van der Waals surface area contributed by atoms with Crippen molar-refractivity contribution in [1.29, 1.82) is 0 Å². The Balaban J connectivity index is 1.48. The predicted octanol–water partition coefficient (Wildman–Crippen LogP) is 9.85. The smallest absolute Gasteiger partial charge is 0.146 e. The molecular weight excluding hydrogens is 498 g/mol. The van der Waals surface area contributed by atoms with Crippen LogP contribution in [-0.2, 0) is 0 Å². The van der Waals surface area contributed by atoms with E-state index >= 15 is 0 Å². The van der Waals surface area contributed by atoms with Crippen LogP contribution in [0.2, 0.25) is 0 Å². The molecule has 3 nitrogen and oxygen atoms in total. The molecule has 0 atom stereocenters. The average Bonchev–Trinajstić information content (AvgIpc) is 3.40. The minimum absolute atomic E-state index is 0.717. The van der Waals surface area contributed by atoms with Crippen LogP contribution < -0.4 is 0 Å². The van der Waals surface area contributed by atoms with Crippen LogP contribution in [-0.4, -0.2) is 15.1 Å². The second-order valence-corrected chi connectivity index (χ2v) is 10.5. The molecule has 0 bridgehead atoms. The Morgan fingerprint density at radius 1 is 0.805 bits per heavy atom. The highest BCUT2D eigenvalue weighted by atomic mass is 15.0. The van der Waals surface area contributed by atoms with Crippen LogP contribution in [0.1, 0.15) is 23.6 Å². The summed E-state index contributed by atoms with van der Waals surface area (Å²) in [7, 11) is 0. The normalized spacial score (nSPS) is 12.6. The minimum atomic E-state index is 0.717. The van der Waals surface area contributed by atoms with Crippen LogP contribution in [0.5, 0.6) is 0 Å². The van der Waals surface area contributed by atoms with Crippen molar-refractivity contribution >= 4 is 60.9 Å². The van der Waals surface area contributed by atoms with Crippen molar-refractivity contribution < 1.29 is 0 Å². The monoisotopic (exact) mass is 527 g/mol. The molecule has 196 valence electrons. The molecule has 0 radical (unpaired) electrons. The highest BCUT2D eigenvalue weighted by Crippen LogP contribution is 2.37. The molecule has 0 aliphatic heterocycles. The molecule has 41 heavy (non-hydrogen) atoms. The van der Waals surface area contributed by atoms with E-state index < -0.39 is 0 Å². The third-order valence-electron chi connectivity index (χ3n) is 8.00. The molecule has 0 aliphatic carbocycles. The Hall–Kier alpha value is -5.28. The predicted molar refractivity (Wildman–Crippen MR) is 176 cm³/mol. The van der Waals surface area contributed by atoms with E-state index in [9.17, 15) is 0 Å². The zero-order valence-electron chi connectivity index (χ0n) is 23.2. The largest absolute Gasteiger partial charge is 0.292 e. The van der Waals surface area contributed by atoms with Gasteiger partial charge < -0.3 is 0 Å². The Morgan fingerprint density at radius 2 is 1.59 bits per heavy atom. The molecule has 2 aromatic heterocycles. The van der Waals surface area contributed by atoms with Crippen LogP contribution in [0.4, 0.5) is 0 Å². The van der Waals surface area contributed by atoms with Crippen molar-refractivity contribution in [2.45, 2.75) is 13.8 Å². The second-order valence-electron chi connectivity index (χ2n) is 10.5. The van der Waals surface area contributed by atoms with Crippen LogP contribution in [0.15, 0.2) is 139 Å². The lowest BCUT2D eigenvalue weighted by molar-refractivity contribution is 1.30. The summed E-state index contributed by atoms with van der Waals surface area (Å²) < 4.78 is 2.28. The number of rotatable bonds is 5. The molecular formula is C38H29N3. The molecule has 0 unspecified atom stereocenters. The Kier molecular flexibility index (Phi) is 5.87. The number of nitrogens with zero attached hydrogens (tertiary/aromatic N) is 3. The van der Waals surface area contributed by atoms with Gasteiger partial charge in [0, 0.05) is 21.7 Å². The molecule has 5 aromatic carbocycles. The number of aromatic nitrogens is 2. The summed E-state index contributed by atoms with van der Waals surface area (Å²) in [5.41, 5.74) is 10.1. The van der Waals surface area contributed by atoms with Crippen molar-refractivity contribution in [2.75, 3.05) is 0 Å². The lowest BCUT2D eigenvalue weighted by Crippen LogP contribution is -2.00. The van der Waals surface area contributed by atoms with E-state index in [1.807, 2.05) is 12.1 Å². The quantitative estimate of drug-likeness (QED) is 0.124. The van der Waals surface area contributed by atoms with Gasteiger partial charge in [-0.2, -0.15) is 0 Å². The van der Waals surface area contributed by atoms with Gasteiger partial charge in [0.05, 0.1) is 28.0 Å². The molecule has 0 saturated heterocycles. The topological polar surface area (TPSA) is 29.7 Å². The summed E-state index contributed by atoms with van der Waals surface area (Å²) in [6.07, 6.45) is 3.96. The molecule has 0 saturated carbocycles. The van der Waals surface area contributed by atoms with E-state index in [1.54, 1.807) is 0 Å². The maximum atomic E-state index is 5.08. The maximum Gasteiger partial charge on any atom is 0.146 e. The number of aliphatic imine (C=N–C) groups is 1. The number of aryl methyl sites for hydroxylation is 1. The standard InChI is InChI=1S/C38H29N3/c1-5-33(39-26(4)25(3)22-28-14-7-6-12-24(28)2)29-19-21-35-32(23-29)37-30-15-9-8-13-27(30)18-20-31(37)38-40-34-16-10-11-17-36(34)41(35)38/h5-23H,1,4H2,2-3H3/b25-22+,39-33?. The van der Waals surface area contributed by atoms with Crippen LogP contribution in [0.3, 0.4) is 0 Å². The van der Waals surface area contributed by atoms with Gasteiger partial charge in [0.1, 0.15) is 5.65 Å². The summed E-state index contributed by atoms with van der Waals surface area (Å²) in [6.45, 7) is 12.6. The van der Waals surface area contributed by atoms with E-state index in [-0.39, 0.29) is 0 Å². The highest BCUT2D eigenvalue weighted by Gasteiger charge is 2.16. The first kappa shape index (κ1) is 24.7. The third kappa shape index (κ3) is 4.06. The second kappa shape index (κ2) is 9.72. The number of para-hydroxylation sites is 2. The summed E-state index contributed by atoms with van der Waals surface area (Å²) >= 11 is 0. The summed E-state index contributed by atoms with van der Waals surface area (Å²) in [5, 5.41) is 5.89.